The van der Waals surface area contributed by atoms with E-state index in [4.69, 9.17) is 4.74 Å². The van der Waals surface area contributed by atoms with Gasteiger partial charge in [0.05, 0.1) is 12.4 Å². The summed E-state index contributed by atoms with van der Waals surface area (Å²) in [5, 5.41) is 0. The third kappa shape index (κ3) is 2.34. The minimum absolute atomic E-state index is 0.00331. The number of hydrogen-bond acceptors (Lipinski definition) is 5. The summed E-state index contributed by atoms with van der Waals surface area (Å²) in [6.45, 7) is 6.00. The molecule has 2 saturated carbocycles. The van der Waals surface area contributed by atoms with Crippen LogP contribution in [0.3, 0.4) is 0 Å². The summed E-state index contributed by atoms with van der Waals surface area (Å²) in [5.74, 6) is 1.53. The predicted octanol–water partition coefficient (Wildman–Crippen LogP) is 2.27. The van der Waals surface area contributed by atoms with Crippen molar-refractivity contribution >= 4 is 27.6 Å². The van der Waals surface area contributed by atoms with Crippen LogP contribution >= 0.6 is 11.8 Å². The van der Waals surface area contributed by atoms with Crippen LogP contribution in [-0.2, 0) is 19.6 Å². The second-order valence-electron chi connectivity index (χ2n) is 8.43. The van der Waals surface area contributed by atoms with Gasteiger partial charge >= 0.3 is 0 Å². The summed E-state index contributed by atoms with van der Waals surface area (Å²) in [6, 6.07) is 0. The summed E-state index contributed by atoms with van der Waals surface area (Å²) < 4.78 is 33.7. The molecule has 0 amide bonds. The third-order valence-electron chi connectivity index (χ3n) is 7.26. The largest absolute Gasteiger partial charge is 0.363 e. The first-order valence-corrected chi connectivity index (χ1v) is 11.6. The van der Waals surface area contributed by atoms with Crippen molar-refractivity contribution in [1.29, 1.82) is 0 Å². The maximum absolute atomic E-state index is 13.1. The number of Topliss-reactive ketones (excluding diaryl/α,β-unsaturated/α-hetero) is 1. The number of rotatable bonds is 3. The second kappa shape index (κ2) is 5.44. The van der Waals surface area contributed by atoms with E-state index in [-0.39, 0.29) is 21.9 Å². The Morgan fingerprint density at radius 2 is 1.96 bits per heavy atom. The van der Waals surface area contributed by atoms with Gasteiger partial charge < -0.3 is 4.74 Å². The lowest BCUT2D eigenvalue weighted by Crippen LogP contribution is -2.50. The van der Waals surface area contributed by atoms with Gasteiger partial charge in [0.25, 0.3) is 0 Å². The van der Waals surface area contributed by atoms with Crippen LogP contribution in [0.25, 0.3) is 0 Å². The molecule has 4 rings (SSSR count). The highest BCUT2D eigenvalue weighted by molar-refractivity contribution is 8.00. The van der Waals surface area contributed by atoms with Gasteiger partial charge in [-0.2, -0.15) is 0 Å². The van der Waals surface area contributed by atoms with Crippen molar-refractivity contribution in [2.75, 3.05) is 31.2 Å². The van der Waals surface area contributed by atoms with Crippen LogP contribution in [0.15, 0.2) is 0 Å². The van der Waals surface area contributed by atoms with Gasteiger partial charge in [-0.25, -0.2) is 12.7 Å². The van der Waals surface area contributed by atoms with E-state index in [2.05, 4.69) is 13.8 Å². The van der Waals surface area contributed by atoms with Crippen LogP contribution in [-0.4, -0.2) is 54.6 Å². The molecule has 2 bridgehead atoms. The van der Waals surface area contributed by atoms with E-state index in [1.54, 1.807) is 4.31 Å². The molecule has 2 saturated heterocycles. The van der Waals surface area contributed by atoms with Crippen LogP contribution in [0, 0.1) is 16.7 Å². The Morgan fingerprint density at radius 3 is 2.46 bits per heavy atom. The SMILES string of the molecule is CC1(C)[C@@H]2CC[C@@]1(CS(=O)(=O)N1CCC3(CC1)OCCS3)C(=O)C2. The first kappa shape index (κ1) is 17.3. The summed E-state index contributed by atoms with van der Waals surface area (Å²) in [5.41, 5.74) is -0.858. The zero-order chi connectivity index (χ0) is 17.2. The van der Waals surface area contributed by atoms with E-state index in [1.165, 1.54) is 0 Å². The molecule has 2 atom stereocenters. The Balaban J connectivity index is 1.51. The molecule has 5 nitrogen and oxygen atoms in total. The number of fused-ring (bicyclic) bond motifs is 2. The lowest BCUT2D eigenvalue weighted by molar-refractivity contribution is -0.128. The Morgan fingerprint density at radius 1 is 1.25 bits per heavy atom. The molecule has 1 spiro atoms. The summed E-state index contributed by atoms with van der Waals surface area (Å²) >= 11 is 1.82. The summed E-state index contributed by atoms with van der Waals surface area (Å²) in [6.07, 6.45) is 3.80. The zero-order valence-electron chi connectivity index (χ0n) is 14.5. The highest BCUT2D eigenvalue weighted by Gasteiger charge is 2.65. The molecule has 2 aliphatic heterocycles. The van der Waals surface area contributed by atoms with Crippen molar-refractivity contribution in [2.45, 2.75) is 50.9 Å². The molecule has 2 heterocycles. The number of carbonyl (C=O) groups is 1. The third-order valence-corrected chi connectivity index (χ3v) is 10.7. The van der Waals surface area contributed by atoms with Gasteiger partial charge in [0.15, 0.2) is 0 Å². The number of ketones is 1. The molecule has 2 aliphatic carbocycles. The molecule has 136 valence electrons. The Labute approximate surface area is 148 Å². The van der Waals surface area contributed by atoms with E-state index in [9.17, 15) is 13.2 Å². The van der Waals surface area contributed by atoms with Crippen molar-refractivity contribution in [2.24, 2.45) is 16.7 Å². The van der Waals surface area contributed by atoms with Crippen LogP contribution in [0.1, 0.15) is 46.0 Å². The lowest BCUT2D eigenvalue weighted by atomic mass is 9.70. The fourth-order valence-corrected chi connectivity index (χ4v) is 8.80. The smallest absolute Gasteiger partial charge is 0.215 e. The molecule has 0 unspecified atom stereocenters. The first-order chi connectivity index (χ1) is 11.2. The number of thioether (sulfide) groups is 1. The number of hydrogen-bond donors (Lipinski definition) is 0. The number of nitrogens with zero attached hydrogens (tertiary/aromatic N) is 1. The van der Waals surface area contributed by atoms with Gasteiger partial charge in [-0.15, -0.1) is 11.8 Å². The van der Waals surface area contributed by atoms with Crippen molar-refractivity contribution < 1.29 is 17.9 Å². The van der Waals surface area contributed by atoms with E-state index in [0.29, 0.717) is 25.4 Å². The molecular weight excluding hydrogens is 346 g/mol. The topological polar surface area (TPSA) is 63.7 Å². The van der Waals surface area contributed by atoms with E-state index < -0.39 is 15.4 Å². The molecule has 7 heteroatoms. The van der Waals surface area contributed by atoms with E-state index in [1.807, 2.05) is 11.8 Å². The highest BCUT2D eigenvalue weighted by atomic mass is 32.2. The zero-order valence-corrected chi connectivity index (χ0v) is 16.2. The van der Waals surface area contributed by atoms with Crippen LogP contribution in [0.4, 0.5) is 0 Å². The molecule has 0 radical (unpaired) electrons. The normalized spacial score (nSPS) is 38.2. The second-order valence-corrected chi connectivity index (χ2v) is 11.8. The van der Waals surface area contributed by atoms with Gasteiger partial charge in [-0.1, -0.05) is 13.8 Å². The van der Waals surface area contributed by atoms with E-state index in [0.717, 1.165) is 38.0 Å². The quantitative estimate of drug-likeness (QED) is 0.759. The number of sulfonamides is 1. The Bertz CT molecular complexity index is 644. The first-order valence-electron chi connectivity index (χ1n) is 9.00. The minimum atomic E-state index is -3.41. The predicted molar refractivity (Wildman–Crippen MR) is 94.3 cm³/mol. The molecule has 0 aromatic rings. The average Bonchev–Trinajstić information content (AvgIpc) is 3.11. The van der Waals surface area contributed by atoms with Gasteiger partial charge in [-0.3, -0.25) is 4.79 Å². The molecule has 4 fully saturated rings. The standard InChI is InChI=1S/C17H27NO4S2/c1-15(2)13-3-4-16(15,14(19)11-13)12-24(20,21)18-7-5-17(6-8-18)22-9-10-23-17/h13H,3-12H2,1-2H3/t13-,16-/m1/s1. The van der Waals surface area contributed by atoms with Gasteiger partial charge in [-0.05, 0) is 37.0 Å². The van der Waals surface area contributed by atoms with E-state index >= 15 is 0 Å². The molecule has 0 aromatic carbocycles. The maximum atomic E-state index is 13.1. The Hall–Kier alpha value is -0.110. The fourth-order valence-electron chi connectivity index (χ4n) is 5.40. The minimum Gasteiger partial charge on any atom is -0.363 e. The summed E-state index contributed by atoms with van der Waals surface area (Å²) in [7, 11) is -3.41. The maximum Gasteiger partial charge on any atom is 0.215 e. The number of piperidine rings is 1. The lowest BCUT2D eigenvalue weighted by Gasteiger charge is -2.40. The van der Waals surface area contributed by atoms with Gasteiger partial charge in [0, 0.05) is 30.7 Å². The summed E-state index contributed by atoms with van der Waals surface area (Å²) in [4.78, 5) is 12.5. The van der Waals surface area contributed by atoms with Crippen LogP contribution in [0.5, 0.6) is 0 Å². The van der Waals surface area contributed by atoms with Gasteiger partial charge in [0.2, 0.25) is 10.0 Å². The van der Waals surface area contributed by atoms with Crippen molar-refractivity contribution in [1.82, 2.24) is 4.31 Å². The number of ether oxygens (including phenoxy) is 1. The van der Waals surface area contributed by atoms with Crippen molar-refractivity contribution in [3.63, 3.8) is 0 Å². The van der Waals surface area contributed by atoms with Crippen LogP contribution in [0.2, 0.25) is 0 Å². The monoisotopic (exact) mass is 373 g/mol. The van der Waals surface area contributed by atoms with Gasteiger partial charge in [0.1, 0.15) is 10.7 Å². The Kier molecular flexibility index (Phi) is 3.93. The molecule has 24 heavy (non-hydrogen) atoms. The molecule has 0 N–H and O–H groups in total. The van der Waals surface area contributed by atoms with Crippen molar-refractivity contribution in [3.05, 3.63) is 0 Å². The number of carbonyl (C=O) groups excluding carboxylic acids is 1. The average molecular weight is 374 g/mol. The molecule has 0 aromatic heterocycles. The van der Waals surface area contributed by atoms with Crippen LogP contribution < -0.4 is 0 Å². The molecule has 4 aliphatic rings. The fraction of sp³-hybridized carbons (Fsp3) is 0.941. The highest BCUT2D eigenvalue weighted by Crippen LogP contribution is 2.64. The van der Waals surface area contributed by atoms with Crippen molar-refractivity contribution in [3.8, 4) is 0 Å². The molecular formula is C17H27NO4S2.